The Kier molecular flexibility index (Phi) is 9.28. The number of carbonyl (C=O) groups is 3. The van der Waals surface area contributed by atoms with Gasteiger partial charge in [0.1, 0.15) is 5.70 Å². The molecule has 0 bridgehead atoms. The van der Waals surface area contributed by atoms with Crippen molar-refractivity contribution in [2.45, 2.75) is 4.90 Å². The minimum absolute atomic E-state index is 0.0518. The second-order valence-electron chi connectivity index (χ2n) is 7.99. The Hall–Kier alpha value is -4.40. The van der Waals surface area contributed by atoms with E-state index < -0.39 is 11.8 Å². The highest BCUT2D eigenvalue weighted by atomic mass is 35.5. The standard InChI is InChI=1S/C29H23ClN4O3S/c30-22-9-4-6-20(16-22)17-26(34-28(36)21-7-2-1-3-8-21)29(37)33-24-10-5-11-25(18-24)38-19-27(35)32-23-12-14-31-15-13-23/h1-18H,19H2,(H,33,37)(H,34,36)(H,31,32,35)/b26-17-. The molecule has 4 rings (SSSR count). The lowest BCUT2D eigenvalue weighted by atomic mass is 10.1. The van der Waals surface area contributed by atoms with Gasteiger partial charge in [0.2, 0.25) is 5.91 Å². The van der Waals surface area contributed by atoms with E-state index in [1.165, 1.54) is 11.8 Å². The Bertz CT molecular complexity index is 1460. The van der Waals surface area contributed by atoms with Gasteiger partial charge >= 0.3 is 0 Å². The van der Waals surface area contributed by atoms with Crippen LogP contribution in [0, 0.1) is 0 Å². The summed E-state index contributed by atoms with van der Waals surface area (Å²) >= 11 is 7.43. The van der Waals surface area contributed by atoms with E-state index in [9.17, 15) is 14.4 Å². The average molecular weight is 543 g/mol. The maximum Gasteiger partial charge on any atom is 0.272 e. The second-order valence-corrected chi connectivity index (χ2v) is 9.47. The molecule has 0 unspecified atom stereocenters. The van der Waals surface area contributed by atoms with Gasteiger partial charge in [-0.1, -0.05) is 48.0 Å². The summed E-state index contributed by atoms with van der Waals surface area (Å²) in [6, 6.07) is 26.1. The number of rotatable bonds is 9. The van der Waals surface area contributed by atoms with Crippen molar-refractivity contribution in [2.24, 2.45) is 0 Å². The number of anilines is 2. The molecule has 0 spiro atoms. The average Bonchev–Trinajstić information content (AvgIpc) is 2.93. The molecule has 190 valence electrons. The maximum atomic E-state index is 13.2. The molecule has 0 saturated heterocycles. The molecule has 0 aliphatic heterocycles. The van der Waals surface area contributed by atoms with Gasteiger partial charge in [-0.25, -0.2) is 0 Å². The third-order valence-electron chi connectivity index (χ3n) is 5.11. The van der Waals surface area contributed by atoms with E-state index in [4.69, 9.17) is 11.6 Å². The highest BCUT2D eigenvalue weighted by molar-refractivity contribution is 8.00. The van der Waals surface area contributed by atoms with Gasteiger partial charge in [0, 0.05) is 39.3 Å². The van der Waals surface area contributed by atoms with Crippen molar-refractivity contribution in [2.75, 3.05) is 16.4 Å². The number of thioether (sulfide) groups is 1. The van der Waals surface area contributed by atoms with E-state index in [2.05, 4.69) is 20.9 Å². The number of benzene rings is 3. The first kappa shape index (κ1) is 26.7. The normalized spacial score (nSPS) is 10.9. The van der Waals surface area contributed by atoms with Crippen LogP contribution in [0.25, 0.3) is 6.08 Å². The van der Waals surface area contributed by atoms with E-state index in [0.717, 1.165) is 4.90 Å². The van der Waals surface area contributed by atoms with Crippen LogP contribution >= 0.6 is 23.4 Å². The minimum atomic E-state index is -0.508. The molecule has 1 heterocycles. The summed E-state index contributed by atoms with van der Waals surface area (Å²) in [7, 11) is 0. The summed E-state index contributed by atoms with van der Waals surface area (Å²) in [6.45, 7) is 0. The Morgan fingerprint density at radius 1 is 0.816 bits per heavy atom. The van der Waals surface area contributed by atoms with Crippen molar-refractivity contribution in [1.82, 2.24) is 10.3 Å². The number of nitrogens with zero attached hydrogens (tertiary/aromatic N) is 1. The Labute approximate surface area is 229 Å². The molecule has 9 heteroatoms. The molecule has 1 aromatic heterocycles. The summed E-state index contributed by atoms with van der Waals surface area (Å²) < 4.78 is 0. The molecular formula is C29H23ClN4O3S. The summed E-state index contributed by atoms with van der Waals surface area (Å²) in [5.74, 6) is -0.899. The van der Waals surface area contributed by atoms with Crippen molar-refractivity contribution in [3.63, 3.8) is 0 Å². The first-order valence-electron chi connectivity index (χ1n) is 11.5. The zero-order valence-corrected chi connectivity index (χ0v) is 21.6. The van der Waals surface area contributed by atoms with Crippen LogP contribution in [0.2, 0.25) is 5.02 Å². The molecular weight excluding hydrogens is 520 g/mol. The molecule has 3 amide bonds. The van der Waals surface area contributed by atoms with Gasteiger partial charge in [-0.05, 0) is 66.2 Å². The molecule has 3 N–H and O–H groups in total. The van der Waals surface area contributed by atoms with Crippen LogP contribution in [0.15, 0.2) is 114 Å². The van der Waals surface area contributed by atoms with Gasteiger partial charge in [0.15, 0.2) is 0 Å². The Balaban J connectivity index is 1.46. The van der Waals surface area contributed by atoms with Crippen molar-refractivity contribution in [3.05, 3.63) is 125 Å². The lowest BCUT2D eigenvalue weighted by molar-refractivity contribution is -0.114. The predicted molar refractivity (Wildman–Crippen MR) is 152 cm³/mol. The molecule has 38 heavy (non-hydrogen) atoms. The third kappa shape index (κ3) is 8.06. The van der Waals surface area contributed by atoms with Crippen LogP contribution in [0.1, 0.15) is 15.9 Å². The zero-order chi connectivity index (χ0) is 26.7. The van der Waals surface area contributed by atoms with Crippen LogP contribution < -0.4 is 16.0 Å². The lowest BCUT2D eigenvalue weighted by Gasteiger charge is -2.12. The fourth-order valence-electron chi connectivity index (χ4n) is 3.35. The van der Waals surface area contributed by atoms with Crippen molar-refractivity contribution >= 4 is 58.5 Å². The fourth-order valence-corrected chi connectivity index (χ4v) is 4.30. The highest BCUT2D eigenvalue weighted by Gasteiger charge is 2.15. The number of hydrogen-bond donors (Lipinski definition) is 3. The first-order chi connectivity index (χ1) is 18.5. The summed E-state index contributed by atoms with van der Waals surface area (Å²) in [4.78, 5) is 43.0. The van der Waals surface area contributed by atoms with E-state index in [-0.39, 0.29) is 17.4 Å². The SMILES string of the molecule is O=C(CSc1cccc(NC(=O)/C(=C/c2cccc(Cl)c2)NC(=O)c2ccccc2)c1)Nc1ccncc1. The summed E-state index contributed by atoms with van der Waals surface area (Å²) in [6.07, 6.45) is 4.77. The van der Waals surface area contributed by atoms with E-state index >= 15 is 0 Å². The number of halogens is 1. The van der Waals surface area contributed by atoms with Crippen LogP contribution in [0.5, 0.6) is 0 Å². The van der Waals surface area contributed by atoms with Crippen molar-refractivity contribution in [3.8, 4) is 0 Å². The van der Waals surface area contributed by atoms with Crippen LogP contribution in [-0.2, 0) is 9.59 Å². The van der Waals surface area contributed by atoms with Gasteiger partial charge in [-0.15, -0.1) is 11.8 Å². The van der Waals surface area contributed by atoms with E-state index in [0.29, 0.717) is 27.5 Å². The molecule has 3 aromatic carbocycles. The maximum absolute atomic E-state index is 13.2. The smallest absolute Gasteiger partial charge is 0.272 e. The number of amides is 3. The second kappa shape index (κ2) is 13.2. The van der Waals surface area contributed by atoms with E-state index in [1.807, 2.05) is 6.07 Å². The predicted octanol–water partition coefficient (Wildman–Crippen LogP) is 5.88. The van der Waals surface area contributed by atoms with Gasteiger partial charge in [0.25, 0.3) is 11.8 Å². The number of nitrogens with one attached hydrogen (secondary N) is 3. The highest BCUT2D eigenvalue weighted by Crippen LogP contribution is 2.23. The molecule has 0 radical (unpaired) electrons. The molecule has 0 saturated carbocycles. The largest absolute Gasteiger partial charge is 0.325 e. The number of carbonyl (C=O) groups excluding carboxylic acids is 3. The van der Waals surface area contributed by atoms with E-state index in [1.54, 1.807) is 103 Å². The first-order valence-corrected chi connectivity index (χ1v) is 12.9. The molecule has 0 atom stereocenters. The van der Waals surface area contributed by atoms with Crippen LogP contribution in [0.4, 0.5) is 11.4 Å². The monoisotopic (exact) mass is 542 g/mol. The van der Waals surface area contributed by atoms with Gasteiger partial charge in [0.05, 0.1) is 5.75 Å². The molecule has 0 aliphatic carbocycles. The van der Waals surface area contributed by atoms with Gasteiger partial charge in [-0.3, -0.25) is 19.4 Å². The van der Waals surface area contributed by atoms with Crippen LogP contribution in [0.3, 0.4) is 0 Å². The molecule has 0 aliphatic rings. The fraction of sp³-hybridized carbons (Fsp3) is 0.0345. The van der Waals surface area contributed by atoms with Crippen molar-refractivity contribution < 1.29 is 14.4 Å². The quantitative estimate of drug-likeness (QED) is 0.181. The molecule has 7 nitrogen and oxygen atoms in total. The van der Waals surface area contributed by atoms with Gasteiger partial charge in [-0.2, -0.15) is 0 Å². The summed E-state index contributed by atoms with van der Waals surface area (Å²) in [5.41, 5.74) is 2.31. The number of pyridine rings is 1. The number of aromatic nitrogens is 1. The Morgan fingerprint density at radius 2 is 1.58 bits per heavy atom. The topological polar surface area (TPSA) is 100 Å². The zero-order valence-electron chi connectivity index (χ0n) is 20.1. The van der Waals surface area contributed by atoms with Crippen molar-refractivity contribution in [1.29, 1.82) is 0 Å². The lowest BCUT2D eigenvalue weighted by Crippen LogP contribution is -2.30. The molecule has 0 fully saturated rings. The number of hydrogen-bond acceptors (Lipinski definition) is 5. The van der Waals surface area contributed by atoms with Gasteiger partial charge < -0.3 is 16.0 Å². The van der Waals surface area contributed by atoms with Crippen LogP contribution in [-0.4, -0.2) is 28.5 Å². The molecule has 4 aromatic rings. The third-order valence-corrected chi connectivity index (χ3v) is 6.34. The Morgan fingerprint density at radius 3 is 2.34 bits per heavy atom. The summed E-state index contributed by atoms with van der Waals surface area (Å²) in [5, 5.41) is 8.84. The minimum Gasteiger partial charge on any atom is -0.325 e.